The summed E-state index contributed by atoms with van der Waals surface area (Å²) in [6, 6.07) is 16.6. The zero-order valence-corrected chi connectivity index (χ0v) is 12.3. The number of hydrazone groups is 1. The molecule has 0 fully saturated rings. The number of pyridine rings is 2. The van der Waals surface area contributed by atoms with Gasteiger partial charge in [0.15, 0.2) is 0 Å². The lowest BCUT2D eigenvalue weighted by atomic mass is 10.0. The fraction of sp³-hybridized carbons (Fsp3) is 0. The van der Waals surface area contributed by atoms with Gasteiger partial charge in [-0.1, -0.05) is 30.3 Å². The minimum atomic E-state index is -0.287. The third kappa shape index (κ3) is 3.65. The maximum Gasteiger partial charge on any atom is 0.271 e. The second kappa shape index (κ2) is 7.09. The van der Waals surface area contributed by atoms with E-state index in [1.165, 1.54) is 0 Å². The molecular weight excluding hydrogens is 288 g/mol. The summed E-state index contributed by atoms with van der Waals surface area (Å²) in [7, 11) is 0. The molecule has 1 amide bonds. The third-order valence-electron chi connectivity index (χ3n) is 3.19. The first kappa shape index (κ1) is 14.6. The summed E-state index contributed by atoms with van der Waals surface area (Å²) in [5, 5.41) is 4.30. The summed E-state index contributed by atoms with van der Waals surface area (Å²) < 4.78 is 0. The van der Waals surface area contributed by atoms with Crippen molar-refractivity contribution in [3.63, 3.8) is 0 Å². The Morgan fingerprint density at radius 3 is 2.22 bits per heavy atom. The van der Waals surface area contributed by atoms with E-state index >= 15 is 0 Å². The first-order valence-corrected chi connectivity index (χ1v) is 7.08. The fourth-order valence-corrected chi connectivity index (χ4v) is 2.07. The molecular formula is C18H14N4O. The third-order valence-corrected chi connectivity index (χ3v) is 3.19. The van der Waals surface area contributed by atoms with E-state index < -0.39 is 0 Å². The Labute approximate surface area is 133 Å². The van der Waals surface area contributed by atoms with Crippen molar-refractivity contribution in [2.75, 3.05) is 0 Å². The maximum absolute atomic E-state index is 12.2. The topological polar surface area (TPSA) is 67.2 Å². The average Bonchev–Trinajstić information content (AvgIpc) is 2.64. The Morgan fingerprint density at radius 2 is 1.52 bits per heavy atom. The molecule has 0 spiro atoms. The number of amides is 1. The molecule has 0 aliphatic heterocycles. The van der Waals surface area contributed by atoms with Crippen molar-refractivity contribution in [1.29, 1.82) is 0 Å². The highest BCUT2D eigenvalue weighted by Gasteiger charge is 2.09. The van der Waals surface area contributed by atoms with Gasteiger partial charge in [0, 0.05) is 41.5 Å². The summed E-state index contributed by atoms with van der Waals surface area (Å²) >= 11 is 0. The molecule has 5 nitrogen and oxygen atoms in total. The standard InChI is InChI=1S/C18H14N4O/c23-18(15-8-11-19-12-9-15)22-21-17(14-5-2-1-3-6-14)16-7-4-10-20-13-16/h1-13H,(H,22,23)/b21-17-. The van der Waals surface area contributed by atoms with E-state index in [0.29, 0.717) is 11.3 Å². The largest absolute Gasteiger partial charge is 0.271 e. The Balaban J connectivity index is 1.91. The number of benzene rings is 1. The predicted octanol–water partition coefficient (Wildman–Crippen LogP) is 2.66. The molecule has 0 saturated carbocycles. The molecule has 2 heterocycles. The van der Waals surface area contributed by atoms with Gasteiger partial charge in [0.05, 0.1) is 5.71 Å². The molecule has 112 valence electrons. The van der Waals surface area contributed by atoms with Crippen LogP contribution < -0.4 is 5.43 Å². The van der Waals surface area contributed by atoms with Crippen molar-refractivity contribution in [3.05, 3.63) is 96.1 Å². The minimum Gasteiger partial charge on any atom is -0.267 e. The van der Waals surface area contributed by atoms with E-state index in [0.717, 1.165) is 11.1 Å². The van der Waals surface area contributed by atoms with Crippen LogP contribution in [0, 0.1) is 0 Å². The monoisotopic (exact) mass is 302 g/mol. The van der Waals surface area contributed by atoms with Crippen LogP contribution in [-0.2, 0) is 0 Å². The van der Waals surface area contributed by atoms with Crippen molar-refractivity contribution >= 4 is 11.6 Å². The SMILES string of the molecule is O=C(N/N=C(/c1ccccc1)c1cccnc1)c1ccncc1. The summed E-state index contributed by atoms with van der Waals surface area (Å²) in [6.45, 7) is 0. The van der Waals surface area contributed by atoms with Gasteiger partial charge in [-0.15, -0.1) is 0 Å². The van der Waals surface area contributed by atoms with E-state index in [4.69, 9.17) is 0 Å². The molecule has 0 saturated heterocycles. The molecule has 5 heteroatoms. The second-order valence-corrected chi connectivity index (χ2v) is 4.74. The highest BCUT2D eigenvalue weighted by Crippen LogP contribution is 2.09. The van der Waals surface area contributed by atoms with Crippen LogP contribution in [0.1, 0.15) is 21.5 Å². The maximum atomic E-state index is 12.2. The van der Waals surface area contributed by atoms with E-state index in [9.17, 15) is 4.79 Å². The van der Waals surface area contributed by atoms with Gasteiger partial charge in [-0.2, -0.15) is 5.10 Å². The normalized spacial score (nSPS) is 11.0. The molecule has 0 aliphatic carbocycles. The van der Waals surface area contributed by atoms with E-state index in [-0.39, 0.29) is 5.91 Å². The van der Waals surface area contributed by atoms with Crippen molar-refractivity contribution in [1.82, 2.24) is 15.4 Å². The fourth-order valence-electron chi connectivity index (χ4n) is 2.07. The predicted molar refractivity (Wildman–Crippen MR) is 88.0 cm³/mol. The molecule has 3 aromatic rings. The molecule has 0 unspecified atom stereocenters. The summed E-state index contributed by atoms with van der Waals surface area (Å²) in [4.78, 5) is 20.2. The number of nitrogens with one attached hydrogen (secondary N) is 1. The Hall–Kier alpha value is -3.34. The van der Waals surface area contributed by atoms with Gasteiger partial charge in [0.1, 0.15) is 0 Å². The zero-order chi connectivity index (χ0) is 15.9. The number of nitrogens with zero attached hydrogens (tertiary/aromatic N) is 3. The summed E-state index contributed by atoms with van der Waals surface area (Å²) in [5.41, 5.74) is 5.47. The smallest absolute Gasteiger partial charge is 0.267 e. The van der Waals surface area contributed by atoms with Crippen molar-refractivity contribution in [2.24, 2.45) is 5.10 Å². The van der Waals surface area contributed by atoms with E-state index in [2.05, 4.69) is 20.5 Å². The van der Waals surface area contributed by atoms with E-state index in [1.807, 2.05) is 42.5 Å². The van der Waals surface area contributed by atoms with Crippen LogP contribution in [0.15, 0.2) is 84.5 Å². The number of hydrogen-bond donors (Lipinski definition) is 1. The first-order valence-electron chi connectivity index (χ1n) is 7.08. The van der Waals surface area contributed by atoms with Gasteiger partial charge in [-0.05, 0) is 24.3 Å². The molecule has 0 bridgehead atoms. The molecule has 0 atom stereocenters. The van der Waals surface area contributed by atoms with Crippen LogP contribution in [0.2, 0.25) is 0 Å². The lowest BCUT2D eigenvalue weighted by molar-refractivity contribution is 0.0955. The van der Waals surface area contributed by atoms with Gasteiger partial charge in [0.25, 0.3) is 5.91 Å². The van der Waals surface area contributed by atoms with Crippen molar-refractivity contribution in [2.45, 2.75) is 0 Å². The minimum absolute atomic E-state index is 0.287. The highest BCUT2D eigenvalue weighted by molar-refractivity contribution is 6.13. The second-order valence-electron chi connectivity index (χ2n) is 4.74. The van der Waals surface area contributed by atoms with Gasteiger partial charge < -0.3 is 0 Å². The molecule has 1 aromatic carbocycles. The van der Waals surface area contributed by atoms with Gasteiger partial charge in [0.2, 0.25) is 0 Å². The number of carbonyl (C=O) groups is 1. The average molecular weight is 302 g/mol. The Bertz CT molecular complexity index is 761. The molecule has 0 radical (unpaired) electrons. The molecule has 23 heavy (non-hydrogen) atoms. The van der Waals surface area contributed by atoms with Crippen LogP contribution >= 0.6 is 0 Å². The number of rotatable bonds is 4. The van der Waals surface area contributed by atoms with Crippen molar-refractivity contribution < 1.29 is 4.79 Å². The quantitative estimate of drug-likeness (QED) is 0.595. The summed E-state index contributed by atoms with van der Waals surface area (Å²) in [6.07, 6.45) is 6.54. The molecule has 0 aliphatic rings. The number of aromatic nitrogens is 2. The van der Waals surface area contributed by atoms with Crippen LogP contribution in [0.3, 0.4) is 0 Å². The lowest BCUT2D eigenvalue weighted by Gasteiger charge is -2.07. The Morgan fingerprint density at radius 1 is 0.783 bits per heavy atom. The number of carbonyl (C=O) groups excluding carboxylic acids is 1. The summed E-state index contributed by atoms with van der Waals surface area (Å²) in [5.74, 6) is -0.287. The molecule has 2 aromatic heterocycles. The van der Waals surface area contributed by atoms with Gasteiger partial charge in [-0.3, -0.25) is 14.8 Å². The van der Waals surface area contributed by atoms with Crippen LogP contribution in [-0.4, -0.2) is 21.6 Å². The van der Waals surface area contributed by atoms with Crippen LogP contribution in [0.5, 0.6) is 0 Å². The van der Waals surface area contributed by atoms with Crippen LogP contribution in [0.4, 0.5) is 0 Å². The molecule has 1 N–H and O–H groups in total. The highest BCUT2D eigenvalue weighted by atomic mass is 16.2. The first-order chi connectivity index (χ1) is 11.3. The van der Waals surface area contributed by atoms with E-state index in [1.54, 1.807) is 36.9 Å². The van der Waals surface area contributed by atoms with Gasteiger partial charge in [-0.25, -0.2) is 5.43 Å². The zero-order valence-electron chi connectivity index (χ0n) is 12.3. The van der Waals surface area contributed by atoms with Gasteiger partial charge >= 0.3 is 0 Å². The Kier molecular flexibility index (Phi) is 4.49. The number of hydrogen-bond acceptors (Lipinski definition) is 4. The molecule has 3 rings (SSSR count). The lowest BCUT2D eigenvalue weighted by Crippen LogP contribution is -2.20. The van der Waals surface area contributed by atoms with Crippen molar-refractivity contribution in [3.8, 4) is 0 Å². The van der Waals surface area contributed by atoms with Crippen LogP contribution in [0.25, 0.3) is 0 Å².